The maximum atomic E-state index is 11.9. The number of anilines is 1. The van der Waals surface area contributed by atoms with Crippen molar-refractivity contribution in [1.29, 1.82) is 0 Å². The van der Waals surface area contributed by atoms with E-state index in [1.807, 2.05) is 25.1 Å². The number of nitrogens with one attached hydrogen (secondary N) is 1. The zero-order valence-corrected chi connectivity index (χ0v) is 12.8. The number of alkyl halides is 1. The summed E-state index contributed by atoms with van der Waals surface area (Å²) in [5.41, 5.74) is 2.62. The van der Waals surface area contributed by atoms with Crippen molar-refractivity contribution in [3.8, 4) is 5.69 Å². The van der Waals surface area contributed by atoms with E-state index >= 15 is 0 Å². The number of tetrazole rings is 1. The fourth-order valence-electron chi connectivity index (χ4n) is 1.76. The first-order valence-corrected chi connectivity index (χ1v) is 7.52. The van der Waals surface area contributed by atoms with Gasteiger partial charge < -0.3 is 5.32 Å². The van der Waals surface area contributed by atoms with Crippen LogP contribution in [0.5, 0.6) is 0 Å². The quantitative estimate of drug-likeness (QED) is 0.649. The molecule has 0 fully saturated rings. The van der Waals surface area contributed by atoms with Gasteiger partial charge in [-0.05, 0) is 47.9 Å². The lowest BCUT2D eigenvalue weighted by Gasteiger charge is -2.10. The minimum absolute atomic E-state index is 0.0305. The van der Waals surface area contributed by atoms with E-state index in [-0.39, 0.29) is 5.91 Å². The predicted molar refractivity (Wildman–Crippen MR) is 80.2 cm³/mol. The number of unbranched alkanes of at least 4 members (excludes halogenated alkanes) is 1. The van der Waals surface area contributed by atoms with Crippen LogP contribution in [0, 0.1) is 6.92 Å². The van der Waals surface area contributed by atoms with Crippen LogP contribution in [0.25, 0.3) is 5.69 Å². The molecule has 2 aromatic rings. The van der Waals surface area contributed by atoms with Crippen molar-refractivity contribution in [2.45, 2.75) is 26.2 Å². The van der Waals surface area contributed by atoms with Gasteiger partial charge in [-0.15, -0.1) is 5.10 Å². The largest absolute Gasteiger partial charge is 0.326 e. The number of halogens is 1. The molecule has 2 rings (SSSR count). The molecule has 0 bridgehead atoms. The lowest BCUT2D eigenvalue weighted by atomic mass is 10.1. The summed E-state index contributed by atoms with van der Waals surface area (Å²) < 4.78 is 1.56. The van der Waals surface area contributed by atoms with Crippen molar-refractivity contribution in [3.05, 3.63) is 30.1 Å². The molecular formula is C13H16BrN5O. The first kappa shape index (κ1) is 14.6. The van der Waals surface area contributed by atoms with Gasteiger partial charge in [-0.3, -0.25) is 4.79 Å². The van der Waals surface area contributed by atoms with Crippen LogP contribution in [-0.4, -0.2) is 31.4 Å². The van der Waals surface area contributed by atoms with Crippen LogP contribution in [0.3, 0.4) is 0 Å². The summed E-state index contributed by atoms with van der Waals surface area (Å²) in [4.78, 5) is 11.9. The van der Waals surface area contributed by atoms with Gasteiger partial charge in [0.15, 0.2) is 0 Å². The second kappa shape index (κ2) is 7.14. The molecule has 1 heterocycles. The summed E-state index contributed by atoms with van der Waals surface area (Å²) in [5, 5.41) is 14.9. The topological polar surface area (TPSA) is 72.7 Å². The molecule has 0 unspecified atom stereocenters. The fourth-order valence-corrected chi connectivity index (χ4v) is 2.16. The number of aromatic nitrogens is 4. The number of amides is 1. The van der Waals surface area contributed by atoms with Gasteiger partial charge >= 0.3 is 0 Å². The van der Waals surface area contributed by atoms with Gasteiger partial charge in [-0.1, -0.05) is 22.0 Å². The summed E-state index contributed by atoms with van der Waals surface area (Å²) >= 11 is 3.36. The number of hydrogen-bond acceptors (Lipinski definition) is 4. The van der Waals surface area contributed by atoms with Crippen molar-refractivity contribution < 1.29 is 4.79 Å². The molecule has 6 nitrogen and oxygen atoms in total. The summed E-state index contributed by atoms with van der Waals surface area (Å²) in [5.74, 6) is 0.0305. The number of rotatable bonds is 6. The molecule has 0 atom stereocenters. The summed E-state index contributed by atoms with van der Waals surface area (Å²) in [6.45, 7) is 1.96. The SMILES string of the molecule is Cc1ccc(-n2cnnn2)cc1NC(=O)CCCCBr. The van der Waals surface area contributed by atoms with Gasteiger partial charge in [0.2, 0.25) is 5.91 Å². The van der Waals surface area contributed by atoms with Crippen molar-refractivity contribution in [2.24, 2.45) is 0 Å². The van der Waals surface area contributed by atoms with E-state index in [1.54, 1.807) is 4.68 Å². The Hall–Kier alpha value is -1.76. The van der Waals surface area contributed by atoms with Crippen LogP contribution in [-0.2, 0) is 4.79 Å². The molecule has 1 aromatic heterocycles. The van der Waals surface area contributed by atoms with E-state index in [0.717, 1.165) is 35.1 Å². The fraction of sp³-hybridized carbons (Fsp3) is 0.385. The van der Waals surface area contributed by atoms with E-state index in [0.29, 0.717) is 6.42 Å². The predicted octanol–water partition coefficient (Wildman–Crippen LogP) is 2.47. The van der Waals surface area contributed by atoms with Crippen LogP contribution in [0.4, 0.5) is 5.69 Å². The minimum atomic E-state index is 0.0305. The maximum absolute atomic E-state index is 11.9. The van der Waals surface area contributed by atoms with Crippen molar-refractivity contribution in [2.75, 3.05) is 10.6 Å². The molecule has 1 amide bonds. The summed E-state index contributed by atoms with van der Waals surface area (Å²) in [7, 11) is 0. The molecule has 0 aliphatic carbocycles. The summed E-state index contributed by atoms with van der Waals surface area (Å²) in [6, 6.07) is 5.71. The van der Waals surface area contributed by atoms with Crippen LogP contribution >= 0.6 is 15.9 Å². The molecular weight excluding hydrogens is 322 g/mol. The zero-order chi connectivity index (χ0) is 14.4. The molecule has 106 valence electrons. The van der Waals surface area contributed by atoms with Crippen molar-refractivity contribution >= 4 is 27.5 Å². The highest BCUT2D eigenvalue weighted by atomic mass is 79.9. The Morgan fingerprint density at radius 2 is 2.25 bits per heavy atom. The number of aryl methyl sites for hydroxylation is 1. The molecule has 20 heavy (non-hydrogen) atoms. The lowest BCUT2D eigenvalue weighted by Crippen LogP contribution is -2.12. The second-order valence-corrected chi connectivity index (χ2v) is 5.24. The Morgan fingerprint density at radius 1 is 1.40 bits per heavy atom. The third kappa shape index (κ3) is 3.86. The monoisotopic (exact) mass is 337 g/mol. The summed E-state index contributed by atoms with van der Waals surface area (Å²) in [6.07, 6.45) is 3.92. The van der Waals surface area contributed by atoms with E-state index in [9.17, 15) is 4.79 Å². The highest BCUT2D eigenvalue weighted by Gasteiger charge is 2.07. The third-order valence-corrected chi connectivity index (χ3v) is 3.46. The first-order chi connectivity index (χ1) is 9.70. The van der Waals surface area contributed by atoms with Gasteiger partial charge in [0.25, 0.3) is 0 Å². The van der Waals surface area contributed by atoms with E-state index < -0.39 is 0 Å². The molecule has 1 aromatic carbocycles. The Labute approximate surface area is 125 Å². The molecule has 0 spiro atoms. The highest BCUT2D eigenvalue weighted by molar-refractivity contribution is 9.09. The van der Waals surface area contributed by atoms with Gasteiger partial charge in [0.05, 0.1) is 5.69 Å². The van der Waals surface area contributed by atoms with Crippen LogP contribution in [0.15, 0.2) is 24.5 Å². The standard InChI is InChI=1S/C13H16BrN5O/c1-10-5-6-11(19-9-15-17-18-19)8-12(10)16-13(20)4-2-3-7-14/h5-6,8-9H,2-4,7H2,1H3,(H,16,20). The second-order valence-electron chi connectivity index (χ2n) is 4.45. The molecule has 0 radical (unpaired) electrons. The molecule has 0 aliphatic rings. The van der Waals surface area contributed by atoms with Crippen LogP contribution in [0.2, 0.25) is 0 Å². The number of nitrogens with zero attached hydrogens (tertiary/aromatic N) is 4. The highest BCUT2D eigenvalue weighted by Crippen LogP contribution is 2.19. The van der Waals surface area contributed by atoms with Crippen LogP contribution < -0.4 is 5.32 Å². The number of benzene rings is 1. The molecule has 0 aliphatic heterocycles. The Kier molecular flexibility index (Phi) is 5.23. The number of carbonyl (C=O) groups excluding carboxylic acids is 1. The molecule has 7 heteroatoms. The molecule has 0 saturated heterocycles. The molecule has 1 N–H and O–H groups in total. The minimum Gasteiger partial charge on any atom is -0.326 e. The molecule has 0 saturated carbocycles. The smallest absolute Gasteiger partial charge is 0.224 e. The number of carbonyl (C=O) groups is 1. The van der Waals surface area contributed by atoms with Gasteiger partial charge in [-0.2, -0.15) is 0 Å². The first-order valence-electron chi connectivity index (χ1n) is 6.40. The number of hydrogen-bond donors (Lipinski definition) is 1. The van der Waals surface area contributed by atoms with Crippen molar-refractivity contribution in [1.82, 2.24) is 20.2 Å². The van der Waals surface area contributed by atoms with Gasteiger partial charge in [0.1, 0.15) is 6.33 Å². The van der Waals surface area contributed by atoms with Gasteiger partial charge in [-0.25, -0.2) is 4.68 Å². The Bertz CT molecular complexity index is 570. The Morgan fingerprint density at radius 3 is 2.95 bits per heavy atom. The average molecular weight is 338 g/mol. The third-order valence-electron chi connectivity index (χ3n) is 2.90. The van der Waals surface area contributed by atoms with Crippen LogP contribution in [0.1, 0.15) is 24.8 Å². The Balaban J connectivity index is 2.07. The van der Waals surface area contributed by atoms with E-state index in [1.165, 1.54) is 6.33 Å². The maximum Gasteiger partial charge on any atom is 0.224 e. The van der Waals surface area contributed by atoms with Crippen molar-refractivity contribution in [3.63, 3.8) is 0 Å². The zero-order valence-electron chi connectivity index (χ0n) is 11.2. The van der Waals surface area contributed by atoms with E-state index in [4.69, 9.17) is 0 Å². The average Bonchev–Trinajstić information content (AvgIpc) is 2.95. The van der Waals surface area contributed by atoms with E-state index in [2.05, 4.69) is 36.8 Å². The lowest BCUT2D eigenvalue weighted by molar-refractivity contribution is -0.116. The van der Waals surface area contributed by atoms with Gasteiger partial charge in [0, 0.05) is 17.4 Å². The normalized spacial score (nSPS) is 10.5.